The van der Waals surface area contributed by atoms with Gasteiger partial charge in [0, 0.05) is 17.5 Å². The molecule has 146 valence electrons. The lowest BCUT2D eigenvalue weighted by Crippen LogP contribution is -2.12. The molecule has 2 rings (SSSR count). The van der Waals surface area contributed by atoms with Gasteiger partial charge in [0.1, 0.15) is 17.2 Å². The second-order valence-corrected chi connectivity index (χ2v) is 6.50. The molecule has 2 N–H and O–H groups in total. The molecule has 0 aliphatic heterocycles. The van der Waals surface area contributed by atoms with Gasteiger partial charge in [-0.05, 0) is 43.3 Å². The van der Waals surface area contributed by atoms with Gasteiger partial charge in [-0.3, -0.25) is 9.59 Å². The highest BCUT2D eigenvalue weighted by molar-refractivity contribution is 6.35. The molecule has 0 bridgehead atoms. The van der Waals surface area contributed by atoms with Gasteiger partial charge in [-0.1, -0.05) is 23.2 Å². The number of benzene rings is 2. The Morgan fingerprint density at radius 3 is 2.43 bits per heavy atom. The summed E-state index contributed by atoms with van der Waals surface area (Å²) in [6, 6.07) is 9.20. The number of aliphatic hydroxyl groups excluding tert-OH is 1. The second-order valence-electron chi connectivity index (χ2n) is 5.66. The number of aliphatic hydroxyl groups is 1. The number of nitrogens with zero attached hydrogens (tertiary/aromatic N) is 2. The monoisotopic (exact) mass is 421 g/mol. The molecule has 0 fully saturated rings. The number of rotatable bonds is 6. The van der Waals surface area contributed by atoms with Crippen LogP contribution in [0.15, 0.2) is 58.1 Å². The average Bonchev–Trinajstić information content (AvgIpc) is 2.64. The van der Waals surface area contributed by atoms with Crippen molar-refractivity contribution < 1.29 is 19.4 Å². The summed E-state index contributed by atoms with van der Waals surface area (Å²) in [6.07, 6.45) is 0. The van der Waals surface area contributed by atoms with Crippen molar-refractivity contribution >= 4 is 46.3 Å². The lowest BCUT2D eigenvalue weighted by atomic mass is 10.1. The van der Waals surface area contributed by atoms with Crippen LogP contribution in [0.25, 0.3) is 0 Å². The van der Waals surface area contributed by atoms with E-state index >= 15 is 0 Å². The number of ether oxygens (including phenoxy) is 1. The quantitative estimate of drug-likeness (QED) is 0.353. The molecule has 7 nitrogen and oxygen atoms in total. The summed E-state index contributed by atoms with van der Waals surface area (Å²) in [5.74, 6) is -0.838. The minimum Gasteiger partial charge on any atom is -0.510 e. The fourth-order valence-corrected chi connectivity index (χ4v) is 2.54. The third-order valence-corrected chi connectivity index (χ3v) is 4.12. The van der Waals surface area contributed by atoms with E-state index in [0.29, 0.717) is 21.5 Å². The molecule has 2 aromatic rings. The zero-order valence-electron chi connectivity index (χ0n) is 15.3. The number of methoxy groups -OCH3 is 1. The molecular formula is C19H17Cl2N3O4. The van der Waals surface area contributed by atoms with Crippen LogP contribution in [-0.2, 0) is 4.79 Å². The summed E-state index contributed by atoms with van der Waals surface area (Å²) in [4.78, 5) is 24.1. The van der Waals surface area contributed by atoms with Gasteiger partial charge in [-0.25, -0.2) is 0 Å². The molecule has 0 radical (unpaired) electrons. The number of amides is 1. The average molecular weight is 422 g/mol. The first kappa shape index (κ1) is 21.4. The number of ketones is 1. The minimum absolute atomic E-state index is 0.192. The molecular weight excluding hydrogens is 405 g/mol. The number of allylic oxidation sites excluding steroid dienone is 2. The molecule has 9 heteroatoms. The van der Waals surface area contributed by atoms with Gasteiger partial charge in [0.15, 0.2) is 11.5 Å². The first-order valence-electron chi connectivity index (χ1n) is 8.00. The van der Waals surface area contributed by atoms with E-state index in [4.69, 9.17) is 27.9 Å². The smallest absolute Gasteiger partial charge is 0.255 e. The fourth-order valence-electron chi connectivity index (χ4n) is 2.20. The standard InChI is InChI=1S/C19H17Cl2N3O4/c1-10(25)18(11(2)26)24-23-16-8-12(4-7-17(16)28-3)19(27)22-15-9-13(20)5-6-14(15)21/h4-9,25H,1-3H3,(H,22,27)/b18-10+,24-23?. The highest BCUT2D eigenvalue weighted by Crippen LogP contribution is 2.31. The van der Waals surface area contributed by atoms with Crippen molar-refractivity contribution in [1.29, 1.82) is 0 Å². The Balaban J connectivity index is 2.36. The summed E-state index contributed by atoms with van der Waals surface area (Å²) in [6.45, 7) is 2.58. The number of halogens is 2. The number of hydrogen-bond acceptors (Lipinski definition) is 6. The van der Waals surface area contributed by atoms with E-state index in [1.807, 2.05) is 0 Å². The van der Waals surface area contributed by atoms with Crippen molar-refractivity contribution in [3.63, 3.8) is 0 Å². The van der Waals surface area contributed by atoms with Crippen molar-refractivity contribution in [3.05, 3.63) is 63.5 Å². The van der Waals surface area contributed by atoms with Gasteiger partial charge in [0.2, 0.25) is 0 Å². The highest BCUT2D eigenvalue weighted by atomic mass is 35.5. The van der Waals surface area contributed by atoms with Crippen LogP contribution in [0.3, 0.4) is 0 Å². The predicted molar refractivity (Wildman–Crippen MR) is 108 cm³/mol. The SMILES string of the molecule is COc1ccc(C(=O)Nc2cc(Cl)ccc2Cl)cc1N=N/C(C(C)=O)=C(\C)O. The van der Waals surface area contributed by atoms with E-state index in [9.17, 15) is 14.7 Å². The number of anilines is 1. The van der Waals surface area contributed by atoms with Crippen molar-refractivity contribution in [3.8, 4) is 5.75 Å². The first-order chi connectivity index (χ1) is 13.2. The largest absolute Gasteiger partial charge is 0.510 e. The lowest BCUT2D eigenvalue weighted by molar-refractivity contribution is -0.113. The maximum atomic E-state index is 12.6. The van der Waals surface area contributed by atoms with Gasteiger partial charge in [-0.15, -0.1) is 10.2 Å². The van der Waals surface area contributed by atoms with E-state index in [1.165, 1.54) is 45.2 Å². The molecule has 0 aliphatic rings. The Hall–Kier alpha value is -2.90. The van der Waals surface area contributed by atoms with Crippen LogP contribution >= 0.6 is 23.2 Å². The fraction of sp³-hybridized carbons (Fsp3) is 0.158. The van der Waals surface area contributed by atoms with Gasteiger partial charge in [0.05, 0.1) is 17.8 Å². The number of carbonyl (C=O) groups is 2. The molecule has 0 atom stereocenters. The van der Waals surface area contributed by atoms with Crippen molar-refractivity contribution in [2.45, 2.75) is 13.8 Å². The van der Waals surface area contributed by atoms with Crippen LogP contribution in [0.1, 0.15) is 24.2 Å². The maximum absolute atomic E-state index is 12.6. The van der Waals surface area contributed by atoms with Crippen molar-refractivity contribution in [1.82, 2.24) is 0 Å². The van der Waals surface area contributed by atoms with E-state index < -0.39 is 11.7 Å². The number of hydrogen-bond donors (Lipinski definition) is 2. The molecule has 0 saturated carbocycles. The molecule has 0 aliphatic carbocycles. The van der Waals surface area contributed by atoms with Crippen LogP contribution in [-0.4, -0.2) is 23.9 Å². The Kier molecular flexibility index (Phi) is 7.14. The summed E-state index contributed by atoms with van der Waals surface area (Å²) >= 11 is 12.0. The van der Waals surface area contributed by atoms with Gasteiger partial charge >= 0.3 is 0 Å². The van der Waals surface area contributed by atoms with E-state index in [1.54, 1.807) is 12.1 Å². The summed E-state index contributed by atoms with van der Waals surface area (Å²) in [5.41, 5.74) is 0.616. The molecule has 0 aromatic heterocycles. The third-order valence-electron chi connectivity index (χ3n) is 3.55. The van der Waals surface area contributed by atoms with Gasteiger partial charge in [0.25, 0.3) is 5.91 Å². The summed E-state index contributed by atoms with van der Waals surface area (Å²) in [5, 5.41) is 20.6. The normalized spacial score (nSPS) is 11.9. The molecule has 1 amide bonds. The number of Topliss-reactive ketones (excluding diaryl/α,β-unsaturated/α-hetero) is 1. The third kappa shape index (κ3) is 5.31. The molecule has 0 saturated heterocycles. The van der Waals surface area contributed by atoms with Crippen LogP contribution in [0.4, 0.5) is 11.4 Å². The number of azo groups is 1. The maximum Gasteiger partial charge on any atom is 0.255 e. The van der Waals surface area contributed by atoms with Gasteiger partial charge in [-0.2, -0.15) is 0 Å². The Bertz CT molecular complexity index is 983. The van der Waals surface area contributed by atoms with Crippen molar-refractivity contribution in [2.75, 3.05) is 12.4 Å². The molecule has 28 heavy (non-hydrogen) atoms. The highest BCUT2D eigenvalue weighted by Gasteiger charge is 2.13. The van der Waals surface area contributed by atoms with E-state index in [0.717, 1.165) is 0 Å². The first-order valence-corrected chi connectivity index (χ1v) is 8.75. The Morgan fingerprint density at radius 1 is 1.11 bits per heavy atom. The molecule has 2 aromatic carbocycles. The Morgan fingerprint density at radius 2 is 1.82 bits per heavy atom. The lowest BCUT2D eigenvalue weighted by Gasteiger charge is -2.10. The van der Waals surface area contributed by atoms with E-state index in [-0.39, 0.29) is 22.7 Å². The number of carbonyl (C=O) groups excluding carboxylic acids is 2. The molecule has 0 heterocycles. The summed E-state index contributed by atoms with van der Waals surface area (Å²) in [7, 11) is 1.43. The van der Waals surface area contributed by atoms with Crippen LogP contribution < -0.4 is 10.1 Å². The van der Waals surface area contributed by atoms with E-state index in [2.05, 4.69) is 15.5 Å². The Labute approximate surface area is 171 Å². The second kappa shape index (κ2) is 9.34. The van der Waals surface area contributed by atoms with Crippen LogP contribution in [0, 0.1) is 0 Å². The van der Waals surface area contributed by atoms with Crippen molar-refractivity contribution in [2.24, 2.45) is 10.2 Å². The number of nitrogens with one attached hydrogen (secondary N) is 1. The predicted octanol–water partition coefficient (Wildman–Crippen LogP) is 5.72. The minimum atomic E-state index is -0.455. The topological polar surface area (TPSA) is 100 Å². The molecule has 0 spiro atoms. The van der Waals surface area contributed by atoms with Crippen LogP contribution in [0.5, 0.6) is 5.75 Å². The molecule has 0 unspecified atom stereocenters. The van der Waals surface area contributed by atoms with Gasteiger partial charge < -0.3 is 15.2 Å². The zero-order chi connectivity index (χ0) is 20.8. The zero-order valence-corrected chi connectivity index (χ0v) is 16.8. The summed E-state index contributed by atoms with van der Waals surface area (Å²) < 4.78 is 5.20. The van der Waals surface area contributed by atoms with Crippen LogP contribution in [0.2, 0.25) is 10.0 Å².